The van der Waals surface area contributed by atoms with Crippen LogP contribution in [0.2, 0.25) is 0 Å². The van der Waals surface area contributed by atoms with Gasteiger partial charge >= 0.3 is 11.9 Å². The second kappa shape index (κ2) is 25.1. The van der Waals surface area contributed by atoms with E-state index in [1.165, 1.54) is 0 Å². The van der Waals surface area contributed by atoms with Gasteiger partial charge in [0.1, 0.15) is 47.0 Å². The van der Waals surface area contributed by atoms with Crippen LogP contribution in [0.15, 0.2) is 180 Å². The summed E-state index contributed by atoms with van der Waals surface area (Å²) in [4.78, 5) is 78.2. The molecule has 0 radical (unpaired) electrons. The number of hydrogen-bond acceptors (Lipinski definition) is 10. The quantitative estimate of drug-likeness (QED) is 0.0391. The molecule has 6 N–H and O–H groups in total. The van der Waals surface area contributed by atoms with Gasteiger partial charge in [-0.1, -0.05) is 146 Å². The maximum absolute atomic E-state index is 13.6. The third-order valence-electron chi connectivity index (χ3n) is 10.4. The molecule has 0 saturated carbocycles. The van der Waals surface area contributed by atoms with Gasteiger partial charge in [0.2, 0.25) is 11.8 Å². The van der Waals surface area contributed by atoms with Gasteiger partial charge in [0.15, 0.2) is 13.2 Å². The maximum Gasteiger partial charge on any atom is 0.326 e. The van der Waals surface area contributed by atoms with Gasteiger partial charge in [0.05, 0.1) is 0 Å². The van der Waals surface area contributed by atoms with Crippen molar-refractivity contribution in [3.63, 3.8) is 0 Å². The zero-order valence-corrected chi connectivity index (χ0v) is 36.8. The van der Waals surface area contributed by atoms with Crippen molar-refractivity contribution in [1.29, 1.82) is 0 Å². The van der Waals surface area contributed by atoms with Crippen LogP contribution in [0.4, 0.5) is 11.4 Å². The number of hydrogen-bond donors (Lipinski definition) is 6. The highest BCUT2D eigenvalue weighted by molar-refractivity contribution is 5.92. The SMILES string of the molecule is O=C(COc1ccccc1N=Nc1ccccc1OCC(=O)N[C@@H](Cc1ccccc1)C(=O)N[C@@H](Cc1ccccc1)C(=O)O)N[C@@H](Cc1ccccc1)C(=O)N[C@@H](Cc1ccccc1)C(=O)O. The predicted octanol–water partition coefficient (Wildman–Crippen LogP) is 5.94. The number of para-hydroxylation sites is 2. The molecule has 68 heavy (non-hydrogen) atoms. The molecular formula is C52H50N6O10. The molecule has 0 spiro atoms. The van der Waals surface area contributed by atoms with Crippen molar-refractivity contribution in [2.24, 2.45) is 10.2 Å². The largest absolute Gasteiger partial charge is 0.481 e. The Kier molecular flexibility index (Phi) is 18.0. The number of rotatable bonds is 24. The Bertz CT molecular complexity index is 2470. The van der Waals surface area contributed by atoms with Crippen LogP contribution in [0.1, 0.15) is 22.3 Å². The Morgan fingerprint density at radius 1 is 0.382 bits per heavy atom. The highest BCUT2D eigenvalue weighted by atomic mass is 16.5. The second-order valence-corrected chi connectivity index (χ2v) is 15.5. The lowest BCUT2D eigenvalue weighted by Crippen LogP contribution is -2.53. The van der Waals surface area contributed by atoms with Crippen LogP contribution >= 0.6 is 0 Å². The van der Waals surface area contributed by atoms with Crippen molar-refractivity contribution in [3.05, 3.63) is 192 Å². The number of carbonyl (C=O) groups excluding carboxylic acids is 4. The van der Waals surface area contributed by atoms with Gasteiger partial charge in [-0.25, -0.2) is 9.59 Å². The Balaban J connectivity index is 1.08. The minimum atomic E-state index is -1.25. The van der Waals surface area contributed by atoms with Gasteiger partial charge in [-0.05, 0) is 46.5 Å². The van der Waals surface area contributed by atoms with Gasteiger partial charge in [-0.2, -0.15) is 0 Å². The van der Waals surface area contributed by atoms with Crippen LogP contribution in [-0.4, -0.2) is 83.2 Å². The summed E-state index contributed by atoms with van der Waals surface area (Å²) in [6.07, 6.45) is 0.238. The molecule has 0 aliphatic rings. The minimum Gasteiger partial charge on any atom is -0.481 e. The van der Waals surface area contributed by atoms with Gasteiger partial charge < -0.3 is 41.0 Å². The first-order chi connectivity index (χ1) is 33.0. The molecule has 16 heteroatoms. The third-order valence-corrected chi connectivity index (χ3v) is 10.4. The minimum absolute atomic E-state index is 0.0398. The van der Waals surface area contributed by atoms with Crippen molar-refractivity contribution < 1.29 is 48.5 Å². The van der Waals surface area contributed by atoms with E-state index < -0.39 is 72.9 Å². The summed E-state index contributed by atoms with van der Waals surface area (Å²) in [7, 11) is 0. The summed E-state index contributed by atoms with van der Waals surface area (Å²) in [6, 6.07) is 44.0. The fourth-order valence-electron chi connectivity index (χ4n) is 6.95. The Hall–Kier alpha value is -8.66. The molecular weight excluding hydrogens is 869 g/mol. The molecule has 6 aromatic rings. The highest BCUT2D eigenvalue weighted by Gasteiger charge is 2.29. The van der Waals surface area contributed by atoms with Gasteiger partial charge in [-0.3, -0.25) is 19.2 Å². The first-order valence-corrected chi connectivity index (χ1v) is 21.7. The number of nitrogens with one attached hydrogen (secondary N) is 4. The Morgan fingerprint density at radius 3 is 0.971 bits per heavy atom. The molecule has 6 rings (SSSR count). The van der Waals surface area contributed by atoms with Crippen LogP contribution in [0.5, 0.6) is 11.5 Å². The molecule has 0 aromatic heterocycles. The monoisotopic (exact) mass is 918 g/mol. The van der Waals surface area contributed by atoms with E-state index in [1.807, 2.05) is 12.1 Å². The summed E-state index contributed by atoms with van der Waals surface area (Å²) < 4.78 is 11.7. The number of ether oxygens (including phenoxy) is 2. The average molecular weight is 919 g/mol. The lowest BCUT2D eigenvalue weighted by Gasteiger charge is -2.22. The number of carboxylic acids is 2. The second-order valence-electron chi connectivity index (χ2n) is 15.5. The lowest BCUT2D eigenvalue weighted by molar-refractivity contribution is -0.142. The van der Waals surface area contributed by atoms with Crippen LogP contribution in [0.25, 0.3) is 0 Å². The van der Waals surface area contributed by atoms with Gasteiger partial charge in [-0.15, -0.1) is 10.2 Å². The molecule has 0 fully saturated rings. The molecule has 4 atom stereocenters. The highest BCUT2D eigenvalue weighted by Crippen LogP contribution is 2.32. The topological polar surface area (TPSA) is 234 Å². The average Bonchev–Trinajstić information content (AvgIpc) is 3.35. The summed E-state index contributed by atoms with van der Waals surface area (Å²) in [5.41, 5.74) is 3.37. The van der Waals surface area contributed by atoms with Crippen LogP contribution in [-0.2, 0) is 54.5 Å². The van der Waals surface area contributed by atoms with Crippen LogP contribution < -0.4 is 30.7 Å². The molecule has 16 nitrogen and oxygen atoms in total. The van der Waals surface area contributed by atoms with Crippen LogP contribution in [0.3, 0.4) is 0 Å². The summed E-state index contributed by atoms with van der Waals surface area (Å²) >= 11 is 0. The van der Waals surface area contributed by atoms with E-state index in [9.17, 15) is 39.0 Å². The molecule has 0 bridgehead atoms. The summed E-state index contributed by atoms with van der Waals surface area (Å²) in [6.45, 7) is -1.06. The normalized spacial score (nSPS) is 12.6. The number of nitrogens with zero attached hydrogens (tertiary/aromatic N) is 2. The first-order valence-electron chi connectivity index (χ1n) is 21.7. The first kappa shape index (κ1) is 48.8. The van der Waals surface area contributed by atoms with E-state index in [1.54, 1.807) is 158 Å². The zero-order valence-electron chi connectivity index (χ0n) is 36.8. The van der Waals surface area contributed by atoms with Gasteiger partial charge in [0.25, 0.3) is 11.8 Å². The molecule has 6 aromatic carbocycles. The number of carboxylic acid groups (broad SMARTS) is 2. The number of azo groups is 1. The molecule has 0 aliphatic heterocycles. The van der Waals surface area contributed by atoms with E-state index in [2.05, 4.69) is 31.5 Å². The van der Waals surface area contributed by atoms with Crippen LogP contribution in [0, 0.1) is 0 Å². The lowest BCUT2D eigenvalue weighted by atomic mass is 10.0. The molecule has 4 amide bonds. The van der Waals surface area contributed by atoms with Crippen molar-refractivity contribution in [2.75, 3.05) is 13.2 Å². The van der Waals surface area contributed by atoms with E-state index in [-0.39, 0.29) is 48.6 Å². The van der Waals surface area contributed by atoms with E-state index in [4.69, 9.17) is 9.47 Å². The Morgan fingerprint density at radius 2 is 0.662 bits per heavy atom. The number of aliphatic carboxylic acids is 2. The number of amides is 4. The van der Waals surface area contributed by atoms with E-state index >= 15 is 0 Å². The van der Waals surface area contributed by atoms with E-state index in [0.29, 0.717) is 11.1 Å². The van der Waals surface area contributed by atoms with Gasteiger partial charge in [0, 0.05) is 25.7 Å². The fraction of sp³-hybridized carbons (Fsp3) is 0.192. The molecule has 0 heterocycles. The standard InChI is InChI=1S/C52H50N6O10/c59-47(53-41(29-35-17-5-1-6-18-35)49(61)55-43(51(63)64)31-37-21-9-3-10-22-37)33-67-45-27-15-13-25-39(45)57-58-40-26-14-16-28-46(40)68-34-48(60)54-42(30-36-19-7-2-8-20-36)50(62)56-44(52(65)66)32-38-23-11-4-12-24-38/h1-28,41-44H,29-34H2,(H,53,59)(H,54,60)(H,55,61)(H,56,62)(H,63,64)(H,65,66)/t41-,42-,43-,44-/m0/s1. The molecule has 348 valence electrons. The fourth-order valence-corrected chi connectivity index (χ4v) is 6.95. The smallest absolute Gasteiger partial charge is 0.326 e. The number of benzene rings is 6. The molecule has 0 saturated heterocycles. The van der Waals surface area contributed by atoms with Crippen molar-refractivity contribution >= 4 is 46.9 Å². The Labute approximate surface area is 392 Å². The molecule has 0 aliphatic carbocycles. The predicted molar refractivity (Wildman–Crippen MR) is 252 cm³/mol. The molecule has 0 unspecified atom stereocenters. The third kappa shape index (κ3) is 15.5. The van der Waals surface area contributed by atoms with E-state index in [0.717, 1.165) is 11.1 Å². The summed E-state index contributed by atoms with van der Waals surface area (Å²) in [5, 5.41) is 39.0. The zero-order chi connectivity index (χ0) is 48.1. The maximum atomic E-state index is 13.6. The summed E-state index contributed by atoms with van der Waals surface area (Å²) in [5.74, 6) is -4.76. The number of carbonyl (C=O) groups is 6. The van der Waals surface area contributed by atoms with Crippen molar-refractivity contribution in [1.82, 2.24) is 21.3 Å². The van der Waals surface area contributed by atoms with Crippen molar-refractivity contribution in [2.45, 2.75) is 49.9 Å². The van der Waals surface area contributed by atoms with Crippen molar-refractivity contribution in [3.8, 4) is 11.5 Å².